The molecule has 0 aliphatic carbocycles. The van der Waals surface area contributed by atoms with E-state index in [2.05, 4.69) is 52.4 Å². The van der Waals surface area contributed by atoms with Gasteiger partial charge in [0.15, 0.2) is 5.11 Å². The summed E-state index contributed by atoms with van der Waals surface area (Å²) in [5.74, 6) is 0.811. The van der Waals surface area contributed by atoms with Gasteiger partial charge in [0.2, 0.25) is 0 Å². The Bertz CT molecular complexity index is 697. The van der Waals surface area contributed by atoms with E-state index in [0.717, 1.165) is 42.7 Å². The fraction of sp³-hybridized carbons (Fsp3) is 0.316. The Kier molecular flexibility index (Phi) is 5.20. The van der Waals surface area contributed by atoms with Crippen LogP contribution in [0.1, 0.15) is 5.56 Å². The molecule has 1 fully saturated rings. The van der Waals surface area contributed by atoms with Gasteiger partial charge in [0.1, 0.15) is 5.75 Å². The third-order valence-corrected chi connectivity index (χ3v) is 4.65. The lowest BCUT2D eigenvalue weighted by Crippen LogP contribution is -2.50. The number of nitrogens with one attached hydrogen (secondary N) is 1. The summed E-state index contributed by atoms with van der Waals surface area (Å²) in [6.45, 7) is 5.82. The van der Waals surface area contributed by atoms with Gasteiger partial charge in [-0.3, -0.25) is 0 Å². The largest absolute Gasteiger partial charge is 0.495 e. The first kappa shape index (κ1) is 16.6. The van der Waals surface area contributed by atoms with Crippen LogP contribution in [0.3, 0.4) is 0 Å². The van der Waals surface area contributed by atoms with Crippen molar-refractivity contribution in [3.63, 3.8) is 0 Å². The standard InChI is InChI=1S/C19H23N3OS/c1-15-8-9-18(23-2)17(14-15)20-19(24)22-12-10-21(11-13-22)16-6-4-3-5-7-16/h3-9,14H,10-13H2,1-2H3,(H,20,24). The van der Waals surface area contributed by atoms with Crippen molar-refractivity contribution >= 4 is 28.7 Å². The second-order valence-electron chi connectivity index (χ2n) is 5.94. The van der Waals surface area contributed by atoms with Crippen molar-refractivity contribution in [2.45, 2.75) is 6.92 Å². The highest BCUT2D eigenvalue weighted by Crippen LogP contribution is 2.26. The number of benzene rings is 2. The van der Waals surface area contributed by atoms with E-state index in [1.165, 1.54) is 11.3 Å². The first-order valence-corrected chi connectivity index (χ1v) is 8.59. The molecule has 1 aliphatic heterocycles. The van der Waals surface area contributed by atoms with E-state index in [4.69, 9.17) is 17.0 Å². The minimum atomic E-state index is 0.756. The molecule has 2 aromatic rings. The maximum atomic E-state index is 5.60. The lowest BCUT2D eigenvalue weighted by atomic mass is 10.2. The fourth-order valence-corrected chi connectivity index (χ4v) is 3.21. The highest BCUT2D eigenvalue weighted by Gasteiger charge is 2.19. The molecule has 1 aliphatic rings. The quantitative estimate of drug-likeness (QED) is 0.862. The number of piperazine rings is 1. The van der Waals surface area contributed by atoms with Crippen LogP contribution < -0.4 is 15.0 Å². The zero-order valence-corrected chi connectivity index (χ0v) is 15.0. The summed E-state index contributed by atoms with van der Waals surface area (Å²) in [6.07, 6.45) is 0. The SMILES string of the molecule is COc1ccc(C)cc1NC(=S)N1CCN(c2ccccc2)CC1. The monoisotopic (exact) mass is 341 g/mol. The Morgan fingerprint density at radius 2 is 1.75 bits per heavy atom. The van der Waals surface area contributed by atoms with Crippen LogP contribution in [0.2, 0.25) is 0 Å². The molecule has 1 saturated heterocycles. The average Bonchev–Trinajstić information content (AvgIpc) is 2.63. The molecule has 0 amide bonds. The molecule has 0 saturated carbocycles. The molecule has 2 aromatic carbocycles. The Hall–Kier alpha value is -2.27. The lowest BCUT2D eigenvalue weighted by Gasteiger charge is -2.37. The molecule has 0 bridgehead atoms. The molecular weight excluding hydrogens is 318 g/mol. The molecule has 0 unspecified atom stereocenters. The van der Waals surface area contributed by atoms with Crippen molar-refractivity contribution in [2.24, 2.45) is 0 Å². The minimum absolute atomic E-state index is 0.756. The fourth-order valence-electron chi connectivity index (χ4n) is 2.92. The van der Waals surface area contributed by atoms with E-state index in [-0.39, 0.29) is 0 Å². The molecule has 0 aromatic heterocycles. The van der Waals surface area contributed by atoms with Crippen molar-refractivity contribution in [1.82, 2.24) is 4.90 Å². The Labute approximate surface area is 149 Å². The van der Waals surface area contributed by atoms with Crippen molar-refractivity contribution in [1.29, 1.82) is 0 Å². The summed E-state index contributed by atoms with van der Waals surface area (Å²) in [7, 11) is 1.68. The summed E-state index contributed by atoms with van der Waals surface area (Å²) < 4.78 is 5.41. The van der Waals surface area contributed by atoms with Gasteiger partial charge in [-0.25, -0.2) is 0 Å². The first-order valence-electron chi connectivity index (χ1n) is 8.18. The van der Waals surface area contributed by atoms with E-state index in [9.17, 15) is 0 Å². The van der Waals surface area contributed by atoms with Gasteiger partial charge in [-0.15, -0.1) is 0 Å². The predicted octanol–water partition coefficient (Wildman–Crippen LogP) is 3.52. The van der Waals surface area contributed by atoms with E-state index in [1.54, 1.807) is 7.11 Å². The van der Waals surface area contributed by atoms with E-state index < -0.39 is 0 Å². The number of thiocarbonyl (C=S) groups is 1. The average molecular weight is 341 g/mol. The zero-order chi connectivity index (χ0) is 16.9. The van der Waals surface area contributed by atoms with Crippen LogP contribution >= 0.6 is 12.2 Å². The normalized spacial score (nSPS) is 14.4. The molecule has 0 radical (unpaired) electrons. The van der Waals surface area contributed by atoms with Gasteiger partial charge in [0.25, 0.3) is 0 Å². The molecule has 0 atom stereocenters. The topological polar surface area (TPSA) is 27.7 Å². The molecule has 4 nitrogen and oxygen atoms in total. The number of nitrogens with zero attached hydrogens (tertiary/aromatic N) is 2. The van der Waals surface area contributed by atoms with Gasteiger partial charge in [-0.05, 0) is 49.0 Å². The van der Waals surface area contributed by atoms with Crippen LogP contribution in [-0.4, -0.2) is 43.3 Å². The Balaban J connectivity index is 1.61. The van der Waals surface area contributed by atoms with Crippen LogP contribution in [0.25, 0.3) is 0 Å². The number of methoxy groups -OCH3 is 1. The van der Waals surface area contributed by atoms with Crippen molar-refractivity contribution in [2.75, 3.05) is 43.5 Å². The summed E-state index contributed by atoms with van der Waals surface area (Å²) in [5.41, 5.74) is 3.37. The second kappa shape index (κ2) is 7.53. The van der Waals surface area contributed by atoms with Crippen LogP contribution in [0.5, 0.6) is 5.75 Å². The third kappa shape index (κ3) is 3.79. The van der Waals surface area contributed by atoms with Crippen molar-refractivity contribution in [3.05, 3.63) is 54.1 Å². The maximum Gasteiger partial charge on any atom is 0.173 e. The number of rotatable bonds is 3. The molecule has 1 heterocycles. The van der Waals surface area contributed by atoms with Crippen LogP contribution in [-0.2, 0) is 0 Å². The number of aryl methyl sites for hydroxylation is 1. The molecule has 5 heteroatoms. The van der Waals surface area contributed by atoms with Crippen LogP contribution in [0, 0.1) is 6.92 Å². The second-order valence-corrected chi connectivity index (χ2v) is 6.33. The molecule has 0 spiro atoms. The highest BCUT2D eigenvalue weighted by molar-refractivity contribution is 7.80. The smallest absolute Gasteiger partial charge is 0.173 e. The highest BCUT2D eigenvalue weighted by atomic mass is 32.1. The summed E-state index contributed by atoms with van der Waals surface area (Å²) in [6, 6.07) is 16.6. The number of anilines is 2. The summed E-state index contributed by atoms with van der Waals surface area (Å²) >= 11 is 5.60. The van der Waals surface area contributed by atoms with Gasteiger partial charge < -0.3 is 19.9 Å². The number of para-hydroxylation sites is 1. The van der Waals surface area contributed by atoms with E-state index in [1.807, 2.05) is 18.2 Å². The lowest BCUT2D eigenvalue weighted by molar-refractivity contribution is 0.390. The van der Waals surface area contributed by atoms with Gasteiger partial charge in [-0.1, -0.05) is 24.3 Å². The molecule has 126 valence electrons. The first-order chi connectivity index (χ1) is 11.7. The van der Waals surface area contributed by atoms with Crippen LogP contribution in [0.4, 0.5) is 11.4 Å². The molecule has 1 N–H and O–H groups in total. The third-order valence-electron chi connectivity index (χ3n) is 4.28. The summed E-state index contributed by atoms with van der Waals surface area (Å²) in [5, 5.41) is 4.10. The Morgan fingerprint density at radius 1 is 1.04 bits per heavy atom. The maximum absolute atomic E-state index is 5.60. The molecule has 24 heavy (non-hydrogen) atoms. The molecular formula is C19H23N3OS. The zero-order valence-electron chi connectivity index (χ0n) is 14.2. The van der Waals surface area contributed by atoms with Crippen LogP contribution in [0.15, 0.2) is 48.5 Å². The van der Waals surface area contributed by atoms with Gasteiger partial charge in [0, 0.05) is 31.9 Å². The minimum Gasteiger partial charge on any atom is -0.495 e. The van der Waals surface area contributed by atoms with Gasteiger partial charge in [0.05, 0.1) is 12.8 Å². The number of ether oxygens (including phenoxy) is 1. The van der Waals surface area contributed by atoms with Gasteiger partial charge in [-0.2, -0.15) is 0 Å². The van der Waals surface area contributed by atoms with E-state index >= 15 is 0 Å². The van der Waals surface area contributed by atoms with Gasteiger partial charge >= 0.3 is 0 Å². The summed E-state index contributed by atoms with van der Waals surface area (Å²) in [4.78, 5) is 4.61. The van der Waals surface area contributed by atoms with Crippen molar-refractivity contribution < 1.29 is 4.74 Å². The van der Waals surface area contributed by atoms with E-state index in [0.29, 0.717) is 0 Å². The number of hydrogen-bond acceptors (Lipinski definition) is 3. The molecule has 3 rings (SSSR count). The van der Waals surface area contributed by atoms with Crippen molar-refractivity contribution in [3.8, 4) is 5.75 Å². The predicted molar refractivity (Wildman–Crippen MR) is 104 cm³/mol. The number of hydrogen-bond donors (Lipinski definition) is 1. The Morgan fingerprint density at radius 3 is 2.42 bits per heavy atom.